The molecular formula is C11H11NO2S. The highest BCUT2D eigenvalue weighted by molar-refractivity contribution is 7.78. The third kappa shape index (κ3) is 3.27. The molecule has 78 valence electrons. The monoisotopic (exact) mass is 221 g/mol. The Morgan fingerprint density at radius 2 is 2.27 bits per heavy atom. The molecule has 1 aromatic carbocycles. The van der Waals surface area contributed by atoms with Gasteiger partial charge in [-0.15, -0.1) is 0 Å². The molecule has 0 unspecified atom stereocenters. The first kappa shape index (κ1) is 11.6. The minimum absolute atomic E-state index is 0.103. The van der Waals surface area contributed by atoms with Crippen LogP contribution in [0.25, 0.3) is 0 Å². The SMILES string of the molecule is Cc1cccc(OCC(=O)N=C=S)c1C. The number of thiocarbonyl (C=S) groups is 1. The van der Waals surface area contributed by atoms with Gasteiger partial charge >= 0.3 is 0 Å². The van der Waals surface area contributed by atoms with Crippen LogP contribution in [-0.4, -0.2) is 17.7 Å². The lowest BCUT2D eigenvalue weighted by Crippen LogP contribution is -2.09. The summed E-state index contributed by atoms with van der Waals surface area (Å²) in [5.41, 5.74) is 2.15. The molecule has 1 aromatic rings. The van der Waals surface area contributed by atoms with Crippen molar-refractivity contribution in [3.63, 3.8) is 0 Å². The van der Waals surface area contributed by atoms with E-state index >= 15 is 0 Å². The molecule has 0 aromatic heterocycles. The maximum Gasteiger partial charge on any atom is 0.292 e. The Balaban J connectivity index is 2.69. The van der Waals surface area contributed by atoms with Crippen LogP contribution in [0, 0.1) is 13.8 Å². The summed E-state index contributed by atoms with van der Waals surface area (Å²) in [6.07, 6.45) is 0. The van der Waals surface area contributed by atoms with E-state index in [9.17, 15) is 4.79 Å². The number of aryl methyl sites for hydroxylation is 1. The predicted octanol–water partition coefficient (Wildman–Crippen LogP) is 2.31. The van der Waals surface area contributed by atoms with Crippen molar-refractivity contribution in [2.45, 2.75) is 13.8 Å². The van der Waals surface area contributed by atoms with Crippen LogP contribution in [0.15, 0.2) is 23.2 Å². The Bertz CT molecular complexity index is 423. The molecular weight excluding hydrogens is 210 g/mol. The molecule has 4 heteroatoms. The number of isothiocyanates is 1. The molecule has 0 bridgehead atoms. The summed E-state index contributed by atoms with van der Waals surface area (Å²) in [6, 6.07) is 5.68. The van der Waals surface area contributed by atoms with Gasteiger partial charge in [0.2, 0.25) is 0 Å². The maximum atomic E-state index is 11.0. The number of hydrogen-bond donors (Lipinski definition) is 0. The Hall–Kier alpha value is -1.51. The van der Waals surface area contributed by atoms with Gasteiger partial charge in [0.25, 0.3) is 5.91 Å². The molecule has 0 spiro atoms. The van der Waals surface area contributed by atoms with E-state index < -0.39 is 5.91 Å². The lowest BCUT2D eigenvalue weighted by atomic mass is 10.1. The van der Waals surface area contributed by atoms with Crippen LogP contribution < -0.4 is 4.74 Å². The molecule has 1 rings (SSSR count). The van der Waals surface area contributed by atoms with Crippen LogP contribution in [0.4, 0.5) is 0 Å². The highest BCUT2D eigenvalue weighted by atomic mass is 32.1. The minimum atomic E-state index is -0.425. The minimum Gasteiger partial charge on any atom is -0.483 e. The Morgan fingerprint density at radius 3 is 2.93 bits per heavy atom. The number of aliphatic imine (C=N–C) groups is 1. The van der Waals surface area contributed by atoms with Gasteiger partial charge < -0.3 is 4.74 Å². The number of carbonyl (C=O) groups is 1. The molecule has 0 aliphatic carbocycles. The molecule has 1 amide bonds. The molecule has 0 heterocycles. The van der Waals surface area contributed by atoms with Crippen molar-refractivity contribution in [2.24, 2.45) is 4.99 Å². The second-order valence-corrected chi connectivity index (χ2v) is 3.27. The summed E-state index contributed by atoms with van der Waals surface area (Å²) in [6.45, 7) is 3.82. The van der Waals surface area contributed by atoms with Crippen molar-refractivity contribution in [3.8, 4) is 5.75 Å². The number of amides is 1. The van der Waals surface area contributed by atoms with Crippen molar-refractivity contribution in [2.75, 3.05) is 6.61 Å². The van der Waals surface area contributed by atoms with Crippen molar-refractivity contribution in [1.29, 1.82) is 0 Å². The summed E-state index contributed by atoms with van der Waals surface area (Å²) in [5.74, 6) is 0.272. The normalized spacial score (nSPS) is 9.20. The van der Waals surface area contributed by atoms with Gasteiger partial charge in [-0.2, -0.15) is 4.99 Å². The van der Waals surface area contributed by atoms with Crippen LogP contribution >= 0.6 is 12.2 Å². The zero-order chi connectivity index (χ0) is 11.3. The first-order valence-corrected chi connectivity index (χ1v) is 4.85. The van der Waals surface area contributed by atoms with E-state index in [2.05, 4.69) is 17.2 Å². The van der Waals surface area contributed by atoms with Gasteiger partial charge in [0.05, 0.1) is 5.16 Å². The average molecular weight is 221 g/mol. The molecule has 3 nitrogen and oxygen atoms in total. The van der Waals surface area contributed by atoms with Crippen LogP contribution in [0.3, 0.4) is 0 Å². The summed E-state index contributed by atoms with van der Waals surface area (Å²) in [4.78, 5) is 14.3. The first-order chi connectivity index (χ1) is 7.15. The topological polar surface area (TPSA) is 38.7 Å². The fraction of sp³-hybridized carbons (Fsp3) is 0.273. The van der Waals surface area contributed by atoms with Crippen molar-refractivity contribution >= 4 is 23.3 Å². The smallest absolute Gasteiger partial charge is 0.292 e. The molecule has 15 heavy (non-hydrogen) atoms. The fourth-order valence-corrected chi connectivity index (χ4v) is 1.21. The van der Waals surface area contributed by atoms with Gasteiger partial charge in [-0.1, -0.05) is 12.1 Å². The van der Waals surface area contributed by atoms with Crippen molar-refractivity contribution < 1.29 is 9.53 Å². The van der Waals surface area contributed by atoms with E-state index in [-0.39, 0.29) is 6.61 Å². The van der Waals surface area contributed by atoms with E-state index in [4.69, 9.17) is 4.74 Å². The summed E-state index contributed by atoms with van der Waals surface area (Å²) in [5, 5.41) is 2.01. The van der Waals surface area contributed by atoms with Gasteiger partial charge in [-0.25, -0.2) is 0 Å². The Morgan fingerprint density at radius 1 is 1.53 bits per heavy atom. The molecule has 0 saturated carbocycles. The predicted molar refractivity (Wildman–Crippen MR) is 61.4 cm³/mol. The number of hydrogen-bond acceptors (Lipinski definition) is 3. The number of ether oxygens (including phenoxy) is 1. The Kier molecular flexibility index (Phi) is 4.16. The third-order valence-corrected chi connectivity index (χ3v) is 2.17. The summed E-state index contributed by atoms with van der Waals surface area (Å²) >= 11 is 4.31. The highest BCUT2D eigenvalue weighted by Gasteiger charge is 2.04. The van der Waals surface area contributed by atoms with Crippen molar-refractivity contribution in [3.05, 3.63) is 29.3 Å². The Labute approximate surface area is 93.8 Å². The molecule has 0 radical (unpaired) electrons. The molecule has 0 aliphatic heterocycles. The number of carbonyl (C=O) groups excluding carboxylic acids is 1. The van der Waals surface area contributed by atoms with E-state index in [1.165, 1.54) is 0 Å². The zero-order valence-corrected chi connectivity index (χ0v) is 9.43. The van der Waals surface area contributed by atoms with Gasteiger partial charge in [-0.05, 0) is 43.3 Å². The largest absolute Gasteiger partial charge is 0.483 e. The van der Waals surface area contributed by atoms with Gasteiger partial charge in [0, 0.05) is 0 Å². The van der Waals surface area contributed by atoms with E-state index in [1.807, 2.05) is 37.2 Å². The second kappa shape index (κ2) is 5.39. The van der Waals surface area contributed by atoms with Gasteiger partial charge in [-0.3, -0.25) is 4.79 Å². The first-order valence-electron chi connectivity index (χ1n) is 4.45. The van der Waals surface area contributed by atoms with Crippen molar-refractivity contribution in [1.82, 2.24) is 0 Å². The van der Waals surface area contributed by atoms with Gasteiger partial charge in [0.1, 0.15) is 5.75 Å². The molecule has 0 atom stereocenters. The molecule has 0 N–H and O–H groups in total. The molecule has 0 saturated heterocycles. The third-order valence-electron chi connectivity index (χ3n) is 2.08. The summed E-state index contributed by atoms with van der Waals surface area (Å²) < 4.78 is 5.30. The zero-order valence-electron chi connectivity index (χ0n) is 8.61. The van der Waals surface area contributed by atoms with E-state index in [0.29, 0.717) is 5.75 Å². The average Bonchev–Trinajstić information content (AvgIpc) is 2.21. The number of rotatable bonds is 3. The van der Waals surface area contributed by atoms with E-state index in [1.54, 1.807) is 0 Å². The number of nitrogens with zero attached hydrogens (tertiary/aromatic N) is 1. The molecule has 0 aliphatic rings. The van der Waals surface area contributed by atoms with Crippen LogP contribution in [-0.2, 0) is 4.79 Å². The lowest BCUT2D eigenvalue weighted by Gasteiger charge is -2.08. The van der Waals surface area contributed by atoms with Crippen LogP contribution in [0.1, 0.15) is 11.1 Å². The van der Waals surface area contributed by atoms with Crippen LogP contribution in [0.5, 0.6) is 5.75 Å². The fourth-order valence-electron chi connectivity index (χ4n) is 1.10. The standard InChI is InChI=1S/C11H11NO2S/c1-8-4-3-5-10(9(8)2)14-6-11(13)12-7-15/h3-5H,6H2,1-2H3. The quantitative estimate of drug-likeness (QED) is 0.580. The molecule has 0 fully saturated rings. The van der Waals surface area contributed by atoms with Crippen LogP contribution in [0.2, 0.25) is 0 Å². The summed E-state index contributed by atoms with van der Waals surface area (Å²) in [7, 11) is 0. The van der Waals surface area contributed by atoms with Gasteiger partial charge in [0.15, 0.2) is 6.61 Å². The maximum absolute atomic E-state index is 11.0. The van der Waals surface area contributed by atoms with E-state index in [0.717, 1.165) is 11.1 Å². The second-order valence-electron chi connectivity index (χ2n) is 3.08. The highest BCUT2D eigenvalue weighted by Crippen LogP contribution is 2.20. The number of benzene rings is 1. The lowest BCUT2D eigenvalue weighted by molar-refractivity contribution is -0.119.